The molecule has 2 heterocycles. The summed E-state index contributed by atoms with van der Waals surface area (Å²) >= 11 is 0. The lowest BCUT2D eigenvalue weighted by atomic mass is 9.89. The van der Waals surface area contributed by atoms with E-state index < -0.39 is 24.1 Å². The smallest absolute Gasteiger partial charge is 0.311 e. The van der Waals surface area contributed by atoms with Gasteiger partial charge in [0.2, 0.25) is 0 Å². The topological polar surface area (TPSA) is 81.0 Å². The number of carboxylic acids is 1. The molecule has 80 valence electrons. The van der Waals surface area contributed by atoms with E-state index in [0.29, 0.717) is 6.42 Å². The molecule has 0 aromatic carbocycles. The van der Waals surface area contributed by atoms with E-state index in [-0.39, 0.29) is 12.1 Å². The van der Waals surface area contributed by atoms with E-state index in [9.17, 15) is 15.0 Å². The summed E-state index contributed by atoms with van der Waals surface area (Å²) in [5.41, 5.74) is 0. The molecular formula is C9H15NO4. The largest absolute Gasteiger partial charge is 0.481 e. The molecule has 3 rings (SSSR count). The van der Waals surface area contributed by atoms with Crippen molar-refractivity contribution in [2.75, 3.05) is 7.05 Å². The fraction of sp³-hybridized carbons (Fsp3) is 0.889. The van der Waals surface area contributed by atoms with Crippen molar-refractivity contribution in [3.8, 4) is 0 Å². The van der Waals surface area contributed by atoms with Crippen LogP contribution in [0.5, 0.6) is 0 Å². The van der Waals surface area contributed by atoms with Crippen LogP contribution in [0.15, 0.2) is 0 Å². The molecule has 1 aliphatic carbocycles. The minimum atomic E-state index is -1.11. The summed E-state index contributed by atoms with van der Waals surface area (Å²) in [6.07, 6.45) is -0.645. The highest BCUT2D eigenvalue weighted by Crippen LogP contribution is 2.38. The van der Waals surface area contributed by atoms with Crippen LogP contribution in [0, 0.1) is 5.92 Å². The normalized spacial score (nSPS) is 48.1. The lowest BCUT2D eigenvalue weighted by molar-refractivity contribution is -0.152. The number of rotatable bonds is 1. The maximum Gasteiger partial charge on any atom is 0.311 e. The number of hydrogen-bond donors (Lipinski definition) is 3. The summed E-state index contributed by atoms with van der Waals surface area (Å²) < 4.78 is 0. The molecule has 2 bridgehead atoms. The number of carboxylic acid groups (broad SMARTS) is 1. The van der Waals surface area contributed by atoms with E-state index in [4.69, 9.17) is 5.11 Å². The minimum absolute atomic E-state index is 0.0988. The second-order valence-corrected chi connectivity index (χ2v) is 4.28. The van der Waals surface area contributed by atoms with Gasteiger partial charge >= 0.3 is 5.97 Å². The third kappa shape index (κ3) is 1.24. The van der Waals surface area contributed by atoms with Gasteiger partial charge < -0.3 is 15.3 Å². The monoisotopic (exact) mass is 201 g/mol. The van der Waals surface area contributed by atoms with Crippen molar-refractivity contribution in [1.82, 2.24) is 4.90 Å². The van der Waals surface area contributed by atoms with E-state index in [2.05, 4.69) is 0 Å². The molecule has 1 unspecified atom stereocenters. The van der Waals surface area contributed by atoms with Crippen LogP contribution < -0.4 is 0 Å². The zero-order valence-corrected chi connectivity index (χ0v) is 8.00. The second-order valence-electron chi connectivity index (χ2n) is 4.28. The Morgan fingerprint density at radius 1 is 1.36 bits per heavy atom. The van der Waals surface area contributed by atoms with Crippen LogP contribution in [0.1, 0.15) is 12.8 Å². The van der Waals surface area contributed by atoms with Crippen molar-refractivity contribution in [3.63, 3.8) is 0 Å². The lowest BCUT2D eigenvalue weighted by Crippen LogP contribution is -2.58. The molecule has 0 radical (unpaired) electrons. The third-order valence-electron chi connectivity index (χ3n) is 3.59. The Balaban J connectivity index is 2.21. The van der Waals surface area contributed by atoms with Crippen molar-refractivity contribution < 1.29 is 20.1 Å². The summed E-state index contributed by atoms with van der Waals surface area (Å²) in [6.45, 7) is 0. The van der Waals surface area contributed by atoms with Crippen molar-refractivity contribution in [2.24, 2.45) is 5.92 Å². The van der Waals surface area contributed by atoms with Gasteiger partial charge in [-0.1, -0.05) is 0 Å². The van der Waals surface area contributed by atoms with Crippen molar-refractivity contribution in [3.05, 3.63) is 0 Å². The second kappa shape index (κ2) is 3.18. The Hall–Kier alpha value is -0.650. The van der Waals surface area contributed by atoms with Crippen LogP contribution in [0.4, 0.5) is 0 Å². The molecule has 5 atom stereocenters. The highest BCUT2D eigenvalue weighted by Gasteiger charge is 2.51. The molecule has 5 heteroatoms. The van der Waals surface area contributed by atoms with Gasteiger partial charge in [0.25, 0.3) is 0 Å². The number of nitrogens with zero attached hydrogens (tertiary/aromatic N) is 1. The molecule has 0 spiro atoms. The Morgan fingerprint density at radius 2 is 2.00 bits per heavy atom. The average Bonchev–Trinajstić information content (AvgIpc) is 2.27. The van der Waals surface area contributed by atoms with Gasteiger partial charge in [0.05, 0.1) is 12.2 Å². The molecule has 0 amide bonds. The standard InChI is InChI=1S/C9H15NO4/c1-10-4-2-5(10)8(12)7(9(13)14)6(11)3-4/h4-8,11-12H,2-3H2,1H3,(H,13,14)/t4-,5+,6-,7+,8?/m1/s1. The van der Waals surface area contributed by atoms with Crippen LogP contribution in [0.3, 0.4) is 0 Å². The quantitative estimate of drug-likeness (QED) is 0.501. The van der Waals surface area contributed by atoms with Crippen LogP contribution in [-0.2, 0) is 4.79 Å². The minimum Gasteiger partial charge on any atom is -0.481 e. The molecule has 5 nitrogen and oxygen atoms in total. The number of fused-ring (bicyclic) bond motifs is 3. The third-order valence-corrected chi connectivity index (χ3v) is 3.59. The number of aliphatic hydroxyl groups excluding tert-OH is 2. The number of carbonyl (C=O) groups is 1. The van der Waals surface area contributed by atoms with Gasteiger partial charge in [0.15, 0.2) is 0 Å². The fourth-order valence-electron chi connectivity index (χ4n) is 2.59. The van der Waals surface area contributed by atoms with Gasteiger partial charge in [0, 0.05) is 12.1 Å². The summed E-state index contributed by atoms with van der Waals surface area (Å²) in [7, 11) is 1.86. The molecular weight excluding hydrogens is 186 g/mol. The van der Waals surface area contributed by atoms with E-state index in [1.807, 2.05) is 11.9 Å². The first-order chi connectivity index (χ1) is 6.52. The van der Waals surface area contributed by atoms with Crippen LogP contribution in [0.2, 0.25) is 0 Å². The summed E-state index contributed by atoms with van der Waals surface area (Å²) in [5, 5.41) is 28.3. The Kier molecular flexibility index (Phi) is 2.25. The molecule has 2 aliphatic heterocycles. The van der Waals surface area contributed by atoms with Gasteiger partial charge in [-0.3, -0.25) is 9.69 Å². The zero-order valence-electron chi connectivity index (χ0n) is 8.00. The van der Waals surface area contributed by atoms with Gasteiger partial charge in [-0.2, -0.15) is 0 Å². The molecule has 0 aromatic rings. The average molecular weight is 201 g/mol. The number of aliphatic carboxylic acids is 1. The summed E-state index contributed by atoms with van der Waals surface area (Å²) in [4.78, 5) is 12.8. The number of likely N-dealkylation sites (N-methyl/N-ethyl adjacent to an activating group) is 1. The van der Waals surface area contributed by atoms with E-state index in [1.165, 1.54) is 0 Å². The van der Waals surface area contributed by atoms with E-state index in [1.54, 1.807) is 0 Å². The number of hydrogen-bond acceptors (Lipinski definition) is 4. The van der Waals surface area contributed by atoms with Crippen LogP contribution >= 0.6 is 0 Å². The molecule has 3 aliphatic rings. The highest BCUT2D eigenvalue weighted by atomic mass is 16.4. The predicted octanol–water partition coefficient (Wildman–Crippen LogP) is -1.11. The summed E-state index contributed by atoms with van der Waals surface area (Å²) in [6, 6.07) is 0.132. The molecule has 1 saturated carbocycles. The molecule has 3 N–H and O–H groups in total. The molecule has 3 fully saturated rings. The Bertz CT molecular complexity index is 257. The van der Waals surface area contributed by atoms with Crippen molar-refractivity contribution in [2.45, 2.75) is 37.1 Å². The molecule has 2 saturated heterocycles. The summed E-state index contributed by atoms with van der Waals surface area (Å²) in [5.74, 6) is -2.14. The van der Waals surface area contributed by atoms with Crippen molar-refractivity contribution >= 4 is 5.97 Å². The Morgan fingerprint density at radius 3 is 2.50 bits per heavy atom. The fourth-order valence-corrected chi connectivity index (χ4v) is 2.59. The molecule has 0 aromatic heterocycles. The Labute approximate surface area is 82.0 Å². The first kappa shape index (κ1) is 9.89. The van der Waals surface area contributed by atoms with Gasteiger partial charge in [-0.15, -0.1) is 0 Å². The number of aliphatic hydroxyl groups is 2. The SMILES string of the molecule is CN1[C@H]2C[C@@H](O)[C@H](C(=O)O)C(O)[C@@H]1C2. The van der Waals surface area contributed by atoms with E-state index >= 15 is 0 Å². The predicted molar refractivity (Wildman–Crippen MR) is 47.7 cm³/mol. The zero-order chi connectivity index (χ0) is 10.5. The van der Waals surface area contributed by atoms with Gasteiger partial charge in [-0.25, -0.2) is 0 Å². The van der Waals surface area contributed by atoms with Crippen LogP contribution in [-0.4, -0.2) is 57.5 Å². The van der Waals surface area contributed by atoms with Crippen LogP contribution in [0.25, 0.3) is 0 Å². The molecule has 14 heavy (non-hydrogen) atoms. The maximum atomic E-state index is 10.9. The van der Waals surface area contributed by atoms with Crippen molar-refractivity contribution in [1.29, 1.82) is 0 Å². The maximum absolute atomic E-state index is 10.9. The first-order valence-corrected chi connectivity index (χ1v) is 4.83. The highest BCUT2D eigenvalue weighted by molar-refractivity contribution is 5.71. The van der Waals surface area contributed by atoms with Gasteiger partial charge in [-0.05, 0) is 19.9 Å². The lowest BCUT2D eigenvalue weighted by Gasteiger charge is -2.46. The van der Waals surface area contributed by atoms with Gasteiger partial charge in [0.1, 0.15) is 5.92 Å². The first-order valence-electron chi connectivity index (χ1n) is 4.83. The van der Waals surface area contributed by atoms with E-state index in [0.717, 1.165) is 6.42 Å².